The molecule has 1 atom stereocenters. The lowest BCUT2D eigenvalue weighted by molar-refractivity contribution is -0.140. The van der Waals surface area contributed by atoms with Crippen LogP contribution in [0.15, 0.2) is 6.07 Å². The van der Waals surface area contributed by atoms with E-state index in [0.29, 0.717) is 4.34 Å². The molecule has 0 saturated heterocycles. The summed E-state index contributed by atoms with van der Waals surface area (Å²) in [5.74, 6) is -1.78. The maximum absolute atomic E-state index is 11.7. The number of aliphatic carboxylic acids is 1. The van der Waals surface area contributed by atoms with Crippen LogP contribution in [0.2, 0.25) is 8.67 Å². The summed E-state index contributed by atoms with van der Waals surface area (Å²) >= 11 is 12.4. The second-order valence-electron chi connectivity index (χ2n) is 3.04. The van der Waals surface area contributed by atoms with E-state index < -0.39 is 17.8 Å². The van der Waals surface area contributed by atoms with Gasteiger partial charge in [0.05, 0.1) is 4.34 Å². The zero-order valence-corrected chi connectivity index (χ0v) is 10.6. The zero-order valence-electron chi connectivity index (χ0n) is 8.28. The number of carboxylic acid groups (broad SMARTS) is 1. The highest BCUT2D eigenvalue weighted by Crippen LogP contribution is 2.32. The third kappa shape index (κ3) is 3.69. The summed E-state index contributed by atoms with van der Waals surface area (Å²) in [7, 11) is 0. The van der Waals surface area contributed by atoms with Gasteiger partial charge in [-0.25, -0.2) is 4.79 Å². The van der Waals surface area contributed by atoms with Crippen molar-refractivity contribution in [3.8, 4) is 0 Å². The second kappa shape index (κ2) is 6.00. The first-order valence-electron chi connectivity index (χ1n) is 4.36. The Morgan fingerprint density at radius 2 is 2.18 bits per heavy atom. The molecule has 0 aliphatic rings. The van der Waals surface area contributed by atoms with Crippen LogP contribution in [0.1, 0.15) is 16.8 Å². The predicted octanol–water partition coefficient (Wildman–Crippen LogP) is 1.83. The molecule has 92 valence electrons. The Hall–Kier alpha value is -1.11. The molecule has 1 heterocycles. The highest BCUT2D eigenvalue weighted by atomic mass is 35.5. The Balaban J connectivity index is 2.80. The molecule has 0 aliphatic heterocycles. The van der Waals surface area contributed by atoms with Crippen molar-refractivity contribution in [2.45, 2.75) is 12.5 Å². The molecule has 17 heavy (non-hydrogen) atoms. The van der Waals surface area contributed by atoms with Crippen molar-refractivity contribution in [1.82, 2.24) is 5.32 Å². The SMILES string of the molecule is O=CNC(CC(=O)c1cc(Cl)sc1Cl)C(=O)O. The van der Waals surface area contributed by atoms with Gasteiger partial charge in [0.15, 0.2) is 5.78 Å². The fraction of sp³-hybridized carbons (Fsp3) is 0.222. The first kappa shape index (κ1) is 14.0. The number of ketones is 1. The number of hydrogen-bond acceptors (Lipinski definition) is 4. The number of thiophene rings is 1. The van der Waals surface area contributed by atoms with Crippen LogP contribution in [0, 0.1) is 0 Å². The summed E-state index contributed by atoms with van der Waals surface area (Å²) in [6.45, 7) is 0. The van der Waals surface area contributed by atoms with Gasteiger partial charge in [0.25, 0.3) is 0 Å². The standard InChI is InChI=1S/C9H7Cl2NO4S/c10-7-1-4(8(11)17-7)6(14)2-5(9(15)16)12-3-13/h1,3,5H,2H2,(H,12,13)(H,15,16). The van der Waals surface area contributed by atoms with E-state index in [4.69, 9.17) is 28.3 Å². The first-order valence-corrected chi connectivity index (χ1v) is 5.93. The summed E-state index contributed by atoms with van der Waals surface area (Å²) < 4.78 is 0.545. The molecule has 0 radical (unpaired) electrons. The minimum atomic E-state index is -1.29. The molecule has 0 aliphatic carbocycles. The molecule has 1 amide bonds. The number of Topliss-reactive ketones (excluding diaryl/α,β-unsaturated/α-hetero) is 1. The summed E-state index contributed by atoms with van der Waals surface area (Å²) in [4.78, 5) is 32.6. The number of nitrogens with one attached hydrogen (secondary N) is 1. The average Bonchev–Trinajstić information content (AvgIpc) is 2.57. The molecule has 0 spiro atoms. The quantitative estimate of drug-likeness (QED) is 0.619. The Bertz CT molecular complexity index is 460. The average molecular weight is 296 g/mol. The Labute approximate surface area is 110 Å². The number of rotatable bonds is 6. The smallest absolute Gasteiger partial charge is 0.326 e. The van der Waals surface area contributed by atoms with E-state index >= 15 is 0 Å². The number of halogens is 2. The van der Waals surface area contributed by atoms with Crippen LogP contribution in [-0.4, -0.2) is 29.3 Å². The third-order valence-electron chi connectivity index (χ3n) is 1.91. The van der Waals surface area contributed by atoms with E-state index in [9.17, 15) is 14.4 Å². The number of carboxylic acids is 1. The normalized spacial score (nSPS) is 11.9. The number of hydrogen-bond donors (Lipinski definition) is 2. The summed E-state index contributed by atoms with van der Waals surface area (Å²) in [6.07, 6.45) is -0.144. The van der Waals surface area contributed by atoms with E-state index in [-0.39, 0.29) is 22.7 Å². The lowest BCUT2D eigenvalue weighted by atomic mass is 10.1. The van der Waals surface area contributed by atoms with Crippen molar-refractivity contribution in [2.24, 2.45) is 0 Å². The maximum atomic E-state index is 11.7. The van der Waals surface area contributed by atoms with Crippen molar-refractivity contribution in [2.75, 3.05) is 0 Å². The maximum Gasteiger partial charge on any atom is 0.326 e. The van der Waals surface area contributed by atoms with Crippen LogP contribution in [0.25, 0.3) is 0 Å². The molecule has 0 bridgehead atoms. The highest BCUT2D eigenvalue weighted by molar-refractivity contribution is 7.20. The molecule has 5 nitrogen and oxygen atoms in total. The molecule has 0 fully saturated rings. The van der Waals surface area contributed by atoms with E-state index in [1.807, 2.05) is 5.32 Å². The molecule has 0 saturated carbocycles. The number of carbonyl (C=O) groups excluding carboxylic acids is 2. The van der Waals surface area contributed by atoms with E-state index in [1.54, 1.807) is 0 Å². The van der Waals surface area contributed by atoms with Crippen LogP contribution < -0.4 is 5.32 Å². The summed E-state index contributed by atoms with van der Waals surface area (Å²) in [6, 6.07) is 0.103. The monoisotopic (exact) mass is 295 g/mol. The summed E-state index contributed by atoms with van der Waals surface area (Å²) in [5.41, 5.74) is 0.167. The van der Waals surface area contributed by atoms with E-state index in [2.05, 4.69) is 0 Å². The third-order valence-corrected chi connectivity index (χ3v) is 3.40. The van der Waals surface area contributed by atoms with Crippen LogP contribution in [0.3, 0.4) is 0 Å². The minimum absolute atomic E-state index is 0.167. The molecule has 0 aromatic carbocycles. The van der Waals surface area contributed by atoms with Crippen LogP contribution in [0.5, 0.6) is 0 Å². The van der Waals surface area contributed by atoms with Gasteiger partial charge in [0.2, 0.25) is 6.41 Å². The van der Waals surface area contributed by atoms with Gasteiger partial charge in [0, 0.05) is 12.0 Å². The van der Waals surface area contributed by atoms with Crippen molar-refractivity contribution in [3.63, 3.8) is 0 Å². The molecule has 2 N–H and O–H groups in total. The van der Waals surface area contributed by atoms with E-state index in [0.717, 1.165) is 11.3 Å². The van der Waals surface area contributed by atoms with Gasteiger partial charge in [-0.1, -0.05) is 23.2 Å². The highest BCUT2D eigenvalue weighted by Gasteiger charge is 2.23. The molecular weight excluding hydrogens is 289 g/mol. The van der Waals surface area contributed by atoms with Gasteiger partial charge >= 0.3 is 5.97 Å². The van der Waals surface area contributed by atoms with Gasteiger partial charge in [-0.2, -0.15) is 0 Å². The minimum Gasteiger partial charge on any atom is -0.480 e. The molecule has 8 heteroatoms. The molecule has 1 aromatic heterocycles. The molecule has 1 aromatic rings. The van der Waals surface area contributed by atoms with Crippen LogP contribution >= 0.6 is 34.5 Å². The summed E-state index contributed by atoms with van der Waals surface area (Å²) in [5, 5.41) is 10.8. The number of amides is 1. The van der Waals surface area contributed by atoms with Crippen molar-refractivity contribution in [1.29, 1.82) is 0 Å². The van der Waals surface area contributed by atoms with Gasteiger partial charge in [-0.05, 0) is 6.07 Å². The molecule has 1 rings (SSSR count). The van der Waals surface area contributed by atoms with Gasteiger partial charge in [0.1, 0.15) is 10.4 Å². The van der Waals surface area contributed by atoms with Crippen LogP contribution in [0.4, 0.5) is 0 Å². The predicted molar refractivity (Wildman–Crippen MR) is 63.9 cm³/mol. The Morgan fingerprint density at radius 3 is 2.59 bits per heavy atom. The Kier molecular flexibility index (Phi) is 4.92. The molecule has 1 unspecified atom stereocenters. The topological polar surface area (TPSA) is 83.5 Å². The van der Waals surface area contributed by atoms with Crippen LogP contribution in [-0.2, 0) is 9.59 Å². The Morgan fingerprint density at radius 1 is 1.53 bits per heavy atom. The van der Waals surface area contributed by atoms with Crippen molar-refractivity contribution >= 4 is 52.7 Å². The van der Waals surface area contributed by atoms with Gasteiger partial charge in [-0.15, -0.1) is 11.3 Å². The first-order chi connectivity index (χ1) is 7.95. The van der Waals surface area contributed by atoms with Gasteiger partial charge in [-0.3, -0.25) is 9.59 Å². The fourth-order valence-corrected chi connectivity index (χ4v) is 2.62. The lowest BCUT2D eigenvalue weighted by Crippen LogP contribution is -2.37. The molecular formula is C9H7Cl2NO4S. The van der Waals surface area contributed by atoms with Crippen molar-refractivity contribution in [3.05, 3.63) is 20.3 Å². The van der Waals surface area contributed by atoms with E-state index in [1.165, 1.54) is 6.07 Å². The second-order valence-corrected chi connectivity index (χ2v) is 5.33. The zero-order chi connectivity index (χ0) is 13.0. The fourth-order valence-electron chi connectivity index (χ4n) is 1.13. The van der Waals surface area contributed by atoms with Gasteiger partial charge < -0.3 is 10.4 Å². The largest absolute Gasteiger partial charge is 0.480 e. The number of carbonyl (C=O) groups is 3. The lowest BCUT2D eigenvalue weighted by Gasteiger charge is -2.09. The van der Waals surface area contributed by atoms with Crippen molar-refractivity contribution < 1.29 is 19.5 Å².